The molecule has 0 bridgehead atoms. The highest BCUT2D eigenvalue weighted by atomic mass is 16.3. The van der Waals surface area contributed by atoms with E-state index in [2.05, 4.69) is 10.2 Å². The molecule has 4 heteroatoms. The van der Waals surface area contributed by atoms with E-state index in [4.69, 9.17) is 5.11 Å². The van der Waals surface area contributed by atoms with Gasteiger partial charge in [-0.3, -0.25) is 9.69 Å². The van der Waals surface area contributed by atoms with Crippen LogP contribution < -0.4 is 5.32 Å². The number of aliphatic hydroxyl groups excluding tert-OH is 1. The van der Waals surface area contributed by atoms with Crippen molar-refractivity contribution in [3.8, 4) is 0 Å². The van der Waals surface area contributed by atoms with Gasteiger partial charge < -0.3 is 10.4 Å². The van der Waals surface area contributed by atoms with Gasteiger partial charge in [-0.1, -0.05) is 13.8 Å². The third-order valence-corrected chi connectivity index (χ3v) is 2.15. The molecule has 0 aliphatic heterocycles. The number of nitrogens with zero attached hydrogens (tertiary/aromatic N) is 1. The lowest BCUT2D eigenvalue weighted by Gasteiger charge is -2.17. The molecule has 0 fully saturated rings. The van der Waals surface area contributed by atoms with Crippen molar-refractivity contribution in [2.45, 2.75) is 33.3 Å². The van der Waals surface area contributed by atoms with Crippen molar-refractivity contribution in [2.75, 3.05) is 26.2 Å². The van der Waals surface area contributed by atoms with Crippen molar-refractivity contribution in [3.63, 3.8) is 0 Å². The third kappa shape index (κ3) is 6.86. The van der Waals surface area contributed by atoms with Gasteiger partial charge in [0.15, 0.2) is 0 Å². The van der Waals surface area contributed by atoms with Crippen molar-refractivity contribution >= 4 is 5.91 Å². The first-order valence-electron chi connectivity index (χ1n) is 5.27. The van der Waals surface area contributed by atoms with Gasteiger partial charge in [0.1, 0.15) is 0 Å². The van der Waals surface area contributed by atoms with Crippen LogP contribution in [0.25, 0.3) is 0 Å². The van der Waals surface area contributed by atoms with Crippen LogP contribution in [0.4, 0.5) is 0 Å². The first kappa shape index (κ1) is 13.4. The van der Waals surface area contributed by atoms with Gasteiger partial charge in [0, 0.05) is 6.54 Å². The average molecular weight is 202 g/mol. The summed E-state index contributed by atoms with van der Waals surface area (Å²) in [6.07, 6.45) is 0.271. The van der Waals surface area contributed by atoms with Gasteiger partial charge in [0.05, 0.1) is 12.6 Å². The second-order valence-electron chi connectivity index (χ2n) is 3.45. The van der Waals surface area contributed by atoms with E-state index in [1.54, 1.807) is 6.92 Å². The highest BCUT2D eigenvalue weighted by Gasteiger charge is 2.06. The molecule has 0 saturated heterocycles. The number of carbonyl (C=O) groups excluding carboxylic acids is 1. The molecule has 0 radical (unpaired) electrons. The molecule has 2 N–H and O–H groups in total. The number of likely N-dealkylation sites (N-methyl/N-ethyl adjacent to an activating group) is 1. The van der Waals surface area contributed by atoms with E-state index in [9.17, 15) is 4.79 Å². The molecular formula is C10H22N2O2. The molecule has 0 aliphatic carbocycles. The predicted octanol–water partition coefficient (Wildman–Crippen LogP) is 0.215. The Morgan fingerprint density at radius 3 is 2.43 bits per heavy atom. The first-order valence-corrected chi connectivity index (χ1v) is 5.27. The van der Waals surface area contributed by atoms with Crippen molar-refractivity contribution in [1.29, 1.82) is 0 Å². The molecule has 0 heterocycles. The number of hydrogen-bond acceptors (Lipinski definition) is 3. The zero-order valence-electron chi connectivity index (χ0n) is 9.42. The van der Waals surface area contributed by atoms with Gasteiger partial charge >= 0.3 is 0 Å². The summed E-state index contributed by atoms with van der Waals surface area (Å²) in [5.41, 5.74) is 0. The van der Waals surface area contributed by atoms with Crippen LogP contribution in [0.15, 0.2) is 0 Å². The summed E-state index contributed by atoms with van der Waals surface area (Å²) in [4.78, 5) is 13.4. The Hall–Kier alpha value is -0.610. The van der Waals surface area contributed by atoms with Gasteiger partial charge in [-0.25, -0.2) is 0 Å². The second kappa shape index (κ2) is 7.76. The van der Waals surface area contributed by atoms with E-state index in [1.807, 2.05) is 13.8 Å². The first-order chi connectivity index (χ1) is 6.60. The van der Waals surface area contributed by atoms with Gasteiger partial charge in [0.25, 0.3) is 0 Å². The van der Waals surface area contributed by atoms with Crippen LogP contribution in [-0.2, 0) is 4.79 Å². The zero-order valence-corrected chi connectivity index (χ0v) is 9.42. The monoisotopic (exact) mass is 202 g/mol. The molecule has 0 rings (SSSR count). The number of aliphatic hydroxyl groups is 1. The Bertz CT molecular complexity index is 156. The third-order valence-electron chi connectivity index (χ3n) is 2.15. The van der Waals surface area contributed by atoms with Gasteiger partial charge in [-0.2, -0.15) is 0 Å². The van der Waals surface area contributed by atoms with E-state index < -0.39 is 0 Å². The number of hydrogen-bond donors (Lipinski definition) is 2. The molecule has 1 atom stereocenters. The SMILES string of the molecule is CCN(CC)CC(=O)NCCC(C)O. The lowest BCUT2D eigenvalue weighted by Crippen LogP contribution is -2.37. The molecule has 0 aromatic heterocycles. The highest BCUT2D eigenvalue weighted by molar-refractivity contribution is 5.77. The normalized spacial score (nSPS) is 12.9. The topological polar surface area (TPSA) is 52.6 Å². The maximum Gasteiger partial charge on any atom is 0.234 e. The van der Waals surface area contributed by atoms with E-state index in [0.29, 0.717) is 19.5 Å². The lowest BCUT2D eigenvalue weighted by atomic mass is 10.3. The van der Waals surface area contributed by atoms with E-state index in [0.717, 1.165) is 13.1 Å². The summed E-state index contributed by atoms with van der Waals surface area (Å²) in [5.74, 6) is 0.0364. The molecule has 14 heavy (non-hydrogen) atoms. The Morgan fingerprint density at radius 2 is 2.00 bits per heavy atom. The van der Waals surface area contributed by atoms with Crippen LogP contribution >= 0.6 is 0 Å². The lowest BCUT2D eigenvalue weighted by molar-refractivity contribution is -0.122. The summed E-state index contributed by atoms with van der Waals surface area (Å²) < 4.78 is 0. The van der Waals surface area contributed by atoms with Crippen LogP contribution in [0, 0.1) is 0 Å². The molecule has 1 unspecified atom stereocenters. The predicted molar refractivity (Wildman–Crippen MR) is 57.1 cm³/mol. The number of rotatable bonds is 7. The number of carbonyl (C=O) groups is 1. The second-order valence-corrected chi connectivity index (χ2v) is 3.45. The molecule has 0 aromatic carbocycles. The summed E-state index contributed by atoms with van der Waals surface area (Å²) in [6, 6.07) is 0. The summed E-state index contributed by atoms with van der Waals surface area (Å²) in [5, 5.41) is 11.8. The molecule has 1 amide bonds. The fourth-order valence-corrected chi connectivity index (χ4v) is 1.13. The van der Waals surface area contributed by atoms with E-state index in [-0.39, 0.29) is 12.0 Å². The average Bonchev–Trinajstić information content (AvgIpc) is 2.13. The molecule has 0 saturated carbocycles. The summed E-state index contributed by atoms with van der Waals surface area (Å²) in [7, 11) is 0. The Kier molecular flexibility index (Phi) is 7.42. The maximum atomic E-state index is 11.3. The fourth-order valence-electron chi connectivity index (χ4n) is 1.13. The minimum absolute atomic E-state index is 0.0364. The molecular weight excluding hydrogens is 180 g/mol. The summed E-state index contributed by atoms with van der Waals surface area (Å²) >= 11 is 0. The Morgan fingerprint density at radius 1 is 1.43 bits per heavy atom. The molecule has 0 aliphatic rings. The molecule has 0 spiro atoms. The minimum Gasteiger partial charge on any atom is -0.393 e. The van der Waals surface area contributed by atoms with Gasteiger partial charge in [-0.05, 0) is 26.4 Å². The van der Waals surface area contributed by atoms with Crippen LogP contribution in [0.3, 0.4) is 0 Å². The van der Waals surface area contributed by atoms with Crippen molar-refractivity contribution in [1.82, 2.24) is 10.2 Å². The molecule has 84 valence electrons. The maximum absolute atomic E-state index is 11.3. The summed E-state index contributed by atoms with van der Waals surface area (Å²) in [6.45, 7) is 8.57. The highest BCUT2D eigenvalue weighted by Crippen LogP contribution is 1.88. The van der Waals surface area contributed by atoms with E-state index >= 15 is 0 Å². The Balaban J connectivity index is 3.54. The van der Waals surface area contributed by atoms with Crippen LogP contribution in [-0.4, -0.2) is 48.2 Å². The van der Waals surface area contributed by atoms with Crippen molar-refractivity contribution in [2.24, 2.45) is 0 Å². The quantitative estimate of drug-likeness (QED) is 0.621. The Labute approximate surface area is 86.3 Å². The molecule has 0 aromatic rings. The van der Waals surface area contributed by atoms with Crippen LogP contribution in [0.2, 0.25) is 0 Å². The van der Waals surface area contributed by atoms with Gasteiger partial charge in [-0.15, -0.1) is 0 Å². The largest absolute Gasteiger partial charge is 0.393 e. The van der Waals surface area contributed by atoms with Crippen molar-refractivity contribution < 1.29 is 9.90 Å². The number of nitrogens with one attached hydrogen (secondary N) is 1. The minimum atomic E-state index is -0.344. The van der Waals surface area contributed by atoms with Crippen LogP contribution in [0.5, 0.6) is 0 Å². The smallest absolute Gasteiger partial charge is 0.234 e. The standard InChI is InChI=1S/C10H22N2O2/c1-4-12(5-2)8-10(14)11-7-6-9(3)13/h9,13H,4-8H2,1-3H3,(H,11,14). The fraction of sp³-hybridized carbons (Fsp3) is 0.900. The molecule has 4 nitrogen and oxygen atoms in total. The van der Waals surface area contributed by atoms with E-state index in [1.165, 1.54) is 0 Å². The van der Waals surface area contributed by atoms with Crippen molar-refractivity contribution in [3.05, 3.63) is 0 Å². The zero-order chi connectivity index (χ0) is 11.0. The number of amides is 1. The van der Waals surface area contributed by atoms with Crippen LogP contribution in [0.1, 0.15) is 27.2 Å². The van der Waals surface area contributed by atoms with Gasteiger partial charge in [0.2, 0.25) is 5.91 Å².